The normalized spacial score (nSPS) is 14.7. The van der Waals surface area contributed by atoms with Crippen molar-refractivity contribution in [2.45, 2.75) is 13.3 Å². The fourth-order valence-corrected chi connectivity index (χ4v) is 5.46. The van der Waals surface area contributed by atoms with Gasteiger partial charge >= 0.3 is 0 Å². The molecular formula is C25H22N4O5S. The molecule has 0 spiro atoms. The summed E-state index contributed by atoms with van der Waals surface area (Å²) in [5.41, 5.74) is 3.41. The number of anilines is 2. The number of phenolic OH excluding ortho intramolecular Hbond substituents is 1. The van der Waals surface area contributed by atoms with E-state index in [2.05, 4.69) is 15.5 Å². The van der Waals surface area contributed by atoms with Gasteiger partial charge in [-0.1, -0.05) is 17.7 Å². The van der Waals surface area contributed by atoms with Crippen molar-refractivity contribution >= 4 is 27.3 Å². The van der Waals surface area contributed by atoms with Crippen molar-refractivity contribution in [3.05, 3.63) is 77.9 Å². The Labute approximate surface area is 202 Å². The van der Waals surface area contributed by atoms with Crippen molar-refractivity contribution in [3.63, 3.8) is 0 Å². The number of benzene rings is 3. The first kappa shape index (κ1) is 22.6. The van der Waals surface area contributed by atoms with Crippen LogP contribution in [0, 0.1) is 6.92 Å². The second-order valence-electron chi connectivity index (χ2n) is 8.26. The number of nitrogens with zero attached hydrogens (tertiary/aromatic N) is 3. The van der Waals surface area contributed by atoms with Crippen molar-refractivity contribution in [1.29, 1.82) is 0 Å². The number of aryl methyl sites for hydroxylation is 1. The number of phenols is 1. The Morgan fingerprint density at radius 2 is 1.74 bits per heavy atom. The molecule has 0 radical (unpaired) electrons. The number of hydrogen-bond donors (Lipinski definition) is 2. The van der Waals surface area contributed by atoms with Gasteiger partial charge in [0.05, 0.1) is 17.1 Å². The number of carbonyl (C=O) groups is 1. The third-order valence-electron chi connectivity index (χ3n) is 5.70. The number of hydrogen-bond acceptors (Lipinski definition) is 7. The standard InChI is InChI=1S/C25H22N4O5S/c1-16-4-2-5-19(14-16)25-28-27-24(34-25)18-8-6-17(7-9-18)23(31)26-21-15-20(10-11-22(21)30)29-12-3-13-35(29,32)33/h2,4-11,14-15,30H,3,12-13H2,1H3,(H,26,31). The summed E-state index contributed by atoms with van der Waals surface area (Å²) in [6, 6.07) is 18.7. The van der Waals surface area contributed by atoms with E-state index in [1.807, 2.05) is 31.2 Å². The lowest BCUT2D eigenvalue weighted by molar-refractivity contribution is 0.102. The minimum absolute atomic E-state index is 0.0778. The van der Waals surface area contributed by atoms with Gasteiger partial charge in [-0.25, -0.2) is 8.42 Å². The van der Waals surface area contributed by atoms with E-state index in [0.29, 0.717) is 41.6 Å². The van der Waals surface area contributed by atoms with Crippen LogP contribution in [0.15, 0.2) is 71.1 Å². The average molecular weight is 491 g/mol. The van der Waals surface area contributed by atoms with Crippen molar-refractivity contribution in [2.24, 2.45) is 0 Å². The number of sulfonamides is 1. The first-order valence-electron chi connectivity index (χ1n) is 11.0. The Morgan fingerprint density at radius 1 is 1.00 bits per heavy atom. The molecule has 0 atom stereocenters. The zero-order chi connectivity index (χ0) is 24.6. The largest absolute Gasteiger partial charge is 0.506 e. The van der Waals surface area contributed by atoms with Crippen LogP contribution >= 0.6 is 0 Å². The zero-order valence-corrected chi connectivity index (χ0v) is 19.6. The molecule has 3 aromatic carbocycles. The van der Waals surface area contributed by atoms with Crippen LogP contribution in [0.3, 0.4) is 0 Å². The van der Waals surface area contributed by atoms with Crippen LogP contribution in [0.4, 0.5) is 11.4 Å². The molecule has 2 N–H and O–H groups in total. The van der Waals surface area contributed by atoms with Crippen molar-refractivity contribution in [3.8, 4) is 28.7 Å². The van der Waals surface area contributed by atoms with Crippen LogP contribution in [0.25, 0.3) is 22.9 Å². The monoisotopic (exact) mass is 490 g/mol. The van der Waals surface area contributed by atoms with Crippen LogP contribution < -0.4 is 9.62 Å². The minimum atomic E-state index is -3.38. The highest BCUT2D eigenvalue weighted by molar-refractivity contribution is 7.93. The molecular weight excluding hydrogens is 468 g/mol. The molecule has 178 valence electrons. The highest BCUT2D eigenvalue weighted by Gasteiger charge is 2.29. The molecule has 0 aliphatic carbocycles. The van der Waals surface area contributed by atoms with Crippen LogP contribution in [0.5, 0.6) is 5.75 Å². The fraction of sp³-hybridized carbons (Fsp3) is 0.160. The van der Waals surface area contributed by atoms with E-state index >= 15 is 0 Å². The molecule has 1 saturated heterocycles. The first-order chi connectivity index (χ1) is 16.8. The van der Waals surface area contributed by atoms with Gasteiger partial charge in [-0.3, -0.25) is 9.10 Å². The van der Waals surface area contributed by atoms with E-state index in [0.717, 1.165) is 11.1 Å². The van der Waals surface area contributed by atoms with Gasteiger partial charge in [0.1, 0.15) is 5.75 Å². The summed E-state index contributed by atoms with van der Waals surface area (Å²) < 4.78 is 31.5. The molecule has 2 heterocycles. The summed E-state index contributed by atoms with van der Waals surface area (Å²) in [5, 5.41) is 21.1. The number of nitrogens with one attached hydrogen (secondary N) is 1. The Bertz CT molecular complexity index is 1510. The second-order valence-corrected chi connectivity index (χ2v) is 10.3. The Hall–Kier alpha value is -4.18. The quantitative estimate of drug-likeness (QED) is 0.401. The third-order valence-corrected chi connectivity index (χ3v) is 7.57. The summed E-state index contributed by atoms with van der Waals surface area (Å²) in [5.74, 6) is 0.185. The highest BCUT2D eigenvalue weighted by atomic mass is 32.2. The SMILES string of the molecule is Cc1cccc(-c2nnc(-c3ccc(C(=O)Nc4cc(N5CCCS5(=O)=O)ccc4O)cc3)o2)c1. The van der Waals surface area contributed by atoms with Gasteiger partial charge in [-0.05, 0) is 67.9 Å². The molecule has 1 amide bonds. The summed E-state index contributed by atoms with van der Waals surface area (Å²) in [6.45, 7) is 2.35. The molecule has 1 aliphatic rings. The summed E-state index contributed by atoms with van der Waals surface area (Å²) in [7, 11) is -3.38. The third kappa shape index (κ3) is 4.60. The van der Waals surface area contributed by atoms with Crippen molar-refractivity contribution in [1.82, 2.24) is 10.2 Å². The topological polar surface area (TPSA) is 126 Å². The molecule has 5 rings (SSSR count). The molecule has 10 heteroatoms. The minimum Gasteiger partial charge on any atom is -0.506 e. The zero-order valence-electron chi connectivity index (χ0n) is 18.8. The number of amides is 1. The van der Waals surface area contributed by atoms with Gasteiger partial charge in [0.15, 0.2) is 0 Å². The van der Waals surface area contributed by atoms with E-state index in [1.54, 1.807) is 24.3 Å². The molecule has 0 saturated carbocycles. The Balaban J connectivity index is 1.33. The second kappa shape index (κ2) is 8.88. The molecule has 0 unspecified atom stereocenters. The molecule has 1 aromatic heterocycles. The van der Waals surface area contributed by atoms with E-state index in [9.17, 15) is 18.3 Å². The van der Waals surface area contributed by atoms with Crippen LogP contribution in [0.2, 0.25) is 0 Å². The van der Waals surface area contributed by atoms with Crippen molar-refractivity contribution < 1.29 is 22.7 Å². The summed E-state index contributed by atoms with van der Waals surface area (Å²) in [4.78, 5) is 12.8. The van der Waals surface area contributed by atoms with Crippen LogP contribution in [0.1, 0.15) is 22.3 Å². The number of rotatable bonds is 5. The van der Waals surface area contributed by atoms with E-state index < -0.39 is 15.9 Å². The maximum absolute atomic E-state index is 12.8. The average Bonchev–Trinajstić information content (AvgIpc) is 3.47. The number of carbonyl (C=O) groups excluding carboxylic acids is 1. The van der Waals surface area contributed by atoms with Gasteiger partial charge in [-0.2, -0.15) is 0 Å². The highest BCUT2D eigenvalue weighted by Crippen LogP contribution is 2.32. The molecule has 0 bridgehead atoms. The lowest BCUT2D eigenvalue weighted by Crippen LogP contribution is -2.25. The predicted molar refractivity (Wildman–Crippen MR) is 132 cm³/mol. The molecule has 4 aromatic rings. The first-order valence-corrected chi connectivity index (χ1v) is 12.6. The summed E-state index contributed by atoms with van der Waals surface area (Å²) >= 11 is 0. The smallest absolute Gasteiger partial charge is 0.255 e. The van der Waals surface area contributed by atoms with Gasteiger partial charge in [0.25, 0.3) is 5.91 Å². The fourth-order valence-electron chi connectivity index (χ4n) is 3.90. The van der Waals surface area contributed by atoms with Gasteiger partial charge in [0, 0.05) is 23.2 Å². The van der Waals surface area contributed by atoms with E-state index in [1.165, 1.54) is 22.5 Å². The molecule has 35 heavy (non-hydrogen) atoms. The predicted octanol–water partition coefficient (Wildman–Crippen LogP) is 4.21. The van der Waals surface area contributed by atoms with Gasteiger partial charge in [0.2, 0.25) is 21.8 Å². The van der Waals surface area contributed by atoms with Crippen LogP contribution in [-0.2, 0) is 10.0 Å². The van der Waals surface area contributed by atoms with Gasteiger partial charge < -0.3 is 14.8 Å². The van der Waals surface area contributed by atoms with Crippen molar-refractivity contribution in [2.75, 3.05) is 21.9 Å². The molecule has 1 fully saturated rings. The maximum Gasteiger partial charge on any atom is 0.255 e. The Morgan fingerprint density at radius 3 is 2.43 bits per heavy atom. The summed E-state index contributed by atoms with van der Waals surface area (Å²) in [6.07, 6.45) is 0.532. The molecule has 1 aliphatic heterocycles. The Kier molecular flexibility index (Phi) is 5.73. The van der Waals surface area contributed by atoms with E-state index in [-0.39, 0.29) is 17.2 Å². The van der Waals surface area contributed by atoms with Gasteiger partial charge in [-0.15, -0.1) is 10.2 Å². The van der Waals surface area contributed by atoms with Crippen LogP contribution in [-0.4, -0.2) is 41.9 Å². The lowest BCUT2D eigenvalue weighted by atomic mass is 10.1. The number of aromatic hydroxyl groups is 1. The number of aromatic nitrogens is 2. The maximum atomic E-state index is 12.8. The molecule has 9 nitrogen and oxygen atoms in total. The lowest BCUT2D eigenvalue weighted by Gasteiger charge is -2.18. The van der Waals surface area contributed by atoms with E-state index in [4.69, 9.17) is 4.42 Å².